The molecule has 2 aliphatic rings. The molecule has 0 radical (unpaired) electrons. The first-order valence-electron chi connectivity index (χ1n) is 4.03. The van der Waals surface area contributed by atoms with E-state index in [1.54, 1.807) is 0 Å². The molecule has 0 aromatic rings. The molecule has 0 aliphatic heterocycles. The summed E-state index contributed by atoms with van der Waals surface area (Å²) in [5.74, 6) is 1.52. The number of hydrogen-bond donors (Lipinski definition) is 0. The number of fused-ring (bicyclic) bond motifs is 1. The number of carbonyl (C=O) groups is 1. The van der Waals surface area contributed by atoms with Gasteiger partial charge in [0.15, 0.2) is 0 Å². The van der Waals surface area contributed by atoms with Gasteiger partial charge >= 0.3 is 0 Å². The van der Waals surface area contributed by atoms with E-state index in [4.69, 9.17) is 0 Å². The summed E-state index contributed by atoms with van der Waals surface area (Å²) < 4.78 is 0. The summed E-state index contributed by atoms with van der Waals surface area (Å²) in [6.45, 7) is 2.17. The summed E-state index contributed by atoms with van der Waals surface area (Å²) in [7, 11) is 0. The number of hydrogen-bond acceptors (Lipinski definition) is 1. The molecule has 2 aliphatic carbocycles. The quantitative estimate of drug-likeness (QED) is 0.503. The van der Waals surface area contributed by atoms with Crippen LogP contribution in [0.4, 0.5) is 0 Å². The van der Waals surface area contributed by atoms with E-state index < -0.39 is 0 Å². The summed E-state index contributed by atoms with van der Waals surface area (Å²) in [5.41, 5.74) is 1.50. The van der Waals surface area contributed by atoms with Crippen LogP contribution >= 0.6 is 0 Å². The Morgan fingerprint density at radius 2 is 2.40 bits per heavy atom. The maximum absolute atomic E-state index is 10.9. The van der Waals surface area contributed by atoms with E-state index in [9.17, 15) is 4.79 Å². The molecule has 0 amide bonds. The number of ketones is 1. The van der Waals surface area contributed by atoms with Crippen molar-refractivity contribution in [2.24, 2.45) is 11.8 Å². The molecule has 2 rings (SSSR count). The van der Waals surface area contributed by atoms with Gasteiger partial charge in [0.1, 0.15) is 5.78 Å². The Hall–Kier alpha value is -0.590. The predicted octanol–water partition coefficient (Wildman–Crippen LogP) is 1.93. The lowest BCUT2D eigenvalue weighted by molar-refractivity contribution is -0.130. The van der Waals surface area contributed by atoms with Crippen molar-refractivity contribution < 1.29 is 4.79 Å². The third kappa shape index (κ3) is 0.664. The number of carbonyl (C=O) groups excluding carboxylic acids is 1. The van der Waals surface area contributed by atoms with Crippen LogP contribution in [0.1, 0.15) is 26.2 Å². The minimum Gasteiger partial charge on any atom is -0.299 e. The Labute approximate surface area is 61.1 Å². The van der Waals surface area contributed by atoms with Crippen LogP contribution in [0.25, 0.3) is 0 Å². The van der Waals surface area contributed by atoms with E-state index in [2.05, 4.69) is 13.0 Å². The third-order valence-electron chi connectivity index (χ3n) is 2.74. The fourth-order valence-electron chi connectivity index (χ4n) is 1.97. The molecule has 0 spiro atoms. The van der Waals surface area contributed by atoms with Crippen molar-refractivity contribution in [2.75, 3.05) is 0 Å². The molecule has 0 bridgehead atoms. The van der Waals surface area contributed by atoms with E-state index in [1.807, 2.05) is 0 Å². The van der Waals surface area contributed by atoms with Gasteiger partial charge in [-0.25, -0.2) is 0 Å². The zero-order valence-electron chi connectivity index (χ0n) is 6.26. The molecule has 0 saturated heterocycles. The smallest absolute Gasteiger partial charge is 0.140 e. The second-order valence-electron chi connectivity index (χ2n) is 3.34. The van der Waals surface area contributed by atoms with Gasteiger partial charge in [0.05, 0.1) is 0 Å². The molecular formula is C9H12O. The summed E-state index contributed by atoms with van der Waals surface area (Å²) in [6, 6.07) is 0. The average molecular weight is 136 g/mol. The fourth-order valence-corrected chi connectivity index (χ4v) is 1.97. The van der Waals surface area contributed by atoms with Crippen LogP contribution in [0.3, 0.4) is 0 Å². The minimum atomic E-state index is 0.343. The second-order valence-corrected chi connectivity index (χ2v) is 3.34. The Morgan fingerprint density at radius 1 is 1.60 bits per heavy atom. The summed E-state index contributed by atoms with van der Waals surface area (Å²) in [6.07, 6.45) is 5.38. The number of rotatable bonds is 1. The van der Waals surface area contributed by atoms with Gasteiger partial charge in [0.2, 0.25) is 0 Å². The molecule has 0 unspecified atom stereocenters. The lowest BCUT2D eigenvalue weighted by Gasteiger charge is -2.27. The monoisotopic (exact) mass is 136 g/mol. The molecule has 1 heteroatoms. The molecule has 1 fully saturated rings. The molecule has 1 nitrogen and oxygen atoms in total. The van der Waals surface area contributed by atoms with Crippen molar-refractivity contribution in [1.29, 1.82) is 0 Å². The first-order chi connectivity index (χ1) is 4.81. The normalized spacial score (nSPS) is 36.9. The first kappa shape index (κ1) is 6.14. The first-order valence-corrected chi connectivity index (χ1v) is 4.03. The lowest BCUT2D eigenvalue weighted by Crippen LogP contribution is -2.32. The van der Waals surface area contributed by atoms with E-state index >= 15 is 0 Å². The predicted molar refractivity (Wildman–Crippen MR) is 39.6 cm³/mol. The van der Waals surface area contributed by atoms with Crippen LogP contribution in [0.2, 0.25) is 0 Å². The highest BCUT2D eigenvalue weighted by Crippen LogP contribution is 2.43. The van der Waals surface area contributed by atoms with E-state index in [-0.39, 0.29) is 0 Å². The molecule has 54 valence electrons. The Balaban J connectivity index is 2.12. The van der Waals surface area contributed by atoms with Crippen LogP contribution in [0.5, 0.6) is 0 Å². The Morgan fingerprint density at radius 3 is 2.90 bits per heavy atom. The molecule has 0 aromatic heterocycles. The number of allylic oxidation sites excluding steroid dienone is 2. The standard InChI is InChI=1S/C9H12O/c1-2-6-3-7-5-9(10)8(7)4-6/h4,7-8H,2-3,5H2,1H3/t7-,8+/m0/s1. The molecule has 0 N–H and O–H groups in total. The molecule has 2 atom stereocenters. The fraction of sp³-hybridized carbons (Fsp3) is 0.667. The zero-order valence-corrected chi connectivity index (χ0v) is 6.26. The highest BCUT2D eigenvalue weighted by molar-refractivity contribution is 5.90. The van der Waals surface area contributed by atoms with Crippen LogP contribution in [0, 0.1) is 11.8 Å². The zero-order chi connectivity index (χ0) is 7.14. The topological polar surface area (TPSA) is 17.1 Å². The van der Waals surface area contributed by atoms with Gasteiger partial charge in [-0.05, 0) is 18.8 Å². The molecular weight excluding hydrogens is 124 g/mol. The lowest BCUT2D eigenvalue weighted by atomic mass is 9.75. The van der Waals surface area contributed by atoms with Crippen molar-refractivity contribution >= 4 is 5.78 Å². The van der Waals surface area contributed by atoms with Crippen molar-refractivity contribution in [3.63, 3.8) is 0 Å². The highest BCUT2D eigenvalue weighted by atomic mass is 16.1. The van der Waals surface area contributed by atoms with Crippen molar-refractivity contribution in [1.82, 2.24) is 0 Å². The van der Waals surface area contributed by atoms with Gasteiger partial charge in [-0.3, -0.25) is 4.79 Å². The van der Waals surface area contributed by atoms with Gasteiger partial charge in [-0.1, -0.05) is 18.6 Å². The van der Waals surface area contributed by atoms with Gasteiger partial charge in [0.25, 0.3) is 0 Å². The van der Waals surface area contributed by atoms with Gasteiger partial charge < -0.3 is 0 Å². The van der Waals surface area contributed by atoms with E-state index in [1.165, 1.54) is 12.0 Å². The minimum absolute atomic E-state index is 0.343. The SMILES string of the molecule is CCC1=C[C@H]2C(=O)C[C@@H]2C1. The third-order valence-corrected chi connectivity index (χ3v) is 2.74. The molecule has 1 saturated carbocycles. The van der Waals surface area contributed by atoms with Gasteiger partial charge in [0, 0.05) is 12.3 Å². The Bertz CT molecular complexity index is 203. The highest BCUT2D eigenvalue weighted by Gasteiger charge is 2.41. The van der Waals surface area contributed by atoms with Crippen LogP contribution < -0.4 is 0 Å². The maximum atomic E-state index is 10.9. The summed E-state index contributed by atoms with van der Waals surface area (Å²) in [4.78, 5) is 10.9. The Kier molecular flexibility index (Phi) is 1.19. The number of Topliss-reactive ketones (excluding diaryl/α,β-unsaturated/α-hetero) is 1. The summed E-state index contributed by atoms with van der Waals surface area (Å²) >= 11 is 0. The van der Waals surface area contributed by atoms with Crippen LogP contribution in [0.15, 0.2) is 11.6 Å². The molecule has 10 heavy (non-hydrogen) atoms. The maximum Gasteiger partial charge on any atom is 0.140 e. The van der Waals surface area contributed by atoms with E-state index in [0.717, 1.165) is 12.8 Å². The van der Waals surface area contributed by atoms with Gasteiger partial charge in [-0.15, -0.1) is 0 Å². The largest absolute Gasteiger partial charge is 0.299 e. The van der Waals surface area contributed by atoms with Crippen LogP contribution in [-0.4, -0.2) is 5.78 Å². The molecule has 0 heterocycles. The van der Waals surface area contributed by atoms with Crippen LogP contribution in [-0.2, 0) is 4.79 Å². The van der Waals surface area contributed by atoms with Crippen molar-refractivity contribution in [2.45, 2.75) is 26.2 Å². The van der Waals surface area contributed by atoms with E-state index in [0.29, 0.717) is 17.6 Å². The van der Waals surface area contributed by atoms with Crippen molar-refractivity contribution in [3.05, 3.63) is 11.6 Å². The average Bonchev–Trinajstić information content (AvgIpc) is 2.26. The molecule has 0 aromatic carbocycles. The van der Waals surface area contributed by atoms with Gasteiger partial charge in [-0.2, -0.15) is 0 Å². The summed E-state index contributed by atoms with van der Waals surface area (Å²) in [5, 5.41) is 0. The van der Waals surface area contributed by atoms with Crippen molar-refractivity contribution in [3.8, 4) is 0 Å². The second kappa shape index (κ2) is 1.94.